The van der Waals surface area contributed by atoms with E-state index in [0.717, 1.165) is 74.4 Å². The first-order valence-corrected chi connectivity index (χ1v) is 11.4. The highest BCUT2D eigenvalue weighted by molar-refractivity contribution is 5.95. The predicted molar refractivity (Wildman–Crippen MR) is 118 cm³/mol. The average Bonchev–Trinajstić information content (AvgIpc) is 2.95. The zero-order valence-electron chi connectivity index (χ0n) is 17.9. The van der Waals surface area contributed by atoms with Crippen LogP contribution in [0.2, 0.25) is 0 Å². The number of rotatable bonds is 3. The van der Waals surface area contributed by atoms with E-state index < -0.39 is 0 Å². The van der Waals surface area contributed by atoms with E-state index >= 15 is 0 Å². The van der Waals surface area contributed by atoms with Gasteiger partial charge >= 0.3 is 0 Å². The molecule has 0 bridgehead atoms. The fourth-order valence-electron chi connectivity index (χ4n) is 4.84. The Bertz CT molecular complexity index is 918. The molecule has 1 aliphatic carbocycles. The molecule has 6 nitrogen and oxygen atoms in total. The average molecular weight is 406 g/mol. The fraction of sp³-hybridized carbons (Fsp3) is 0.542. The van der Waals surface area contributed by atoms with Gasteiger partial charge in [-0.2, -0.15) is 0 Å². The zero-order chi connectivity index (χ0) is 20.5. The second-order valence-corrected chi connectivity index (χ2v) is 8.86. The molecular weight excluding hydrogens is 374 g/mol. The Morgan fingerprint density at radius 2 is 1.77 bits per heavy atom. The summed E-state index contributed by atoms with van der Waals surface area (Å²) in [6.07, 6.45) is 7.74. The van der Waals surface area contributed by atoms with Crippen LogP contribution >= 0.6 is 0 Å². The number of carbonyl (C=O) groups is 1. The number of aryl methyl sites for hydroxylation is 1. The van der Waals surface area contributed by atoms with Gasteiger partial charge in [-0.05, 0) is 43.4 Å². The van der Waals surface area contributed by atoms with Crippen molar-refractivity contribution in [3.63, 3.8) is 0 Å². The number of fused-ring (bicyclic) bond motifs is 1. The number of anilines is 1. The maximum absolute atomic E-state index is 13.0. The summed E-state index contributed by atoms with van der Waals surface area (Å²) in [6, 6.07) is 8.67. The summed E-state index contributed by atoms with van der Waals surface area (Å²) in [7, 11) is 0. The van der Waals surface area contributed by atoms with Gasteiger partial charge in [-0.15, -0.1) is 0 Å². The van der Waals surface area contributed by atoms with Crippen molar-refractivity contribution in [2.45, 2.75) is 45.1 Å². The van der Waals surface area contributed by atoms with Crippen molar-refractivity contribution in [1.82, 2.24) is 19.8 Å². The molecule has 1 aromatic heterocycles. The first-order valence-electron chi connectivity index (χ1n) is 11.4. The van der Waals surface area contributed by atoms with Gasteiger partial charge in [0.05, 0.1) is 5.69 Å². The Morgan fingerprint density at radius 1 is 1.00 bits per heavy atom. The van der Waals surface area contributed by atoms with Gasteiger partial charge in [0, 0.05) is 63.5 Å². The van der Waals surface area contributed by atoms with Crippen LogP contribution < -0.4 is 4.90 Å². The summed E-state index contributed by atoms with van der Waals surface area (Å²) in [5.41, 5.74) is 4.14. The van der Waals surface area contributed by atoms with Crippen LogP contribution in [0.3, 0.4) is 0 Å². The van der Waals surface area contributed by atoms with Gasteiger partial charge in [-0.25, -0.2) is 9.97 Å². The molecule has 1 amide bonds. The molecule has 2 aromatic rings. The first kappa shape index (κ1) is 19.5. The molecule has 2 aliphatic heterocycles. The number of aromatic nitrogens is 2. The monoisotopic (exact) mass is 405 g/mol. The summed E-state index contributed by atoms with van der Waals surface area (Å²) >= 11 is 0. The maximum Gasteiger partial charge on any atom is 0.254 e. The van der Waals surface area contributed by atoms with Crippen LogP contribution in [0.1, 0.15) is 46.4 Å². The highest BCUT2D eigenvalue weighted by atomic mass is 16.2. The minimum Gasteiger partial charge on any atom is -0.338 e. The smallest absolute Gasteiger partial charge is 0.254 e. The van der Waals surface area contributed by atoms with Crippen molar-refractivity contribution in [1.29, 1.82) is 0 Å². The van der Waals surface area contributed by atoms with Gasteiger partial charge in [0.15, 0.2) is 0 Å². The minimum absolute atomic E-state index is 0.126. The lowest BCUT2D eigenvalue weighted by Crippen LogP contribution is -2.52. The van der Waals surface area contributed by atoms with E-state index in [1.54, 1.807) is 0 Å². The van der Waals surface area contributed by atoms with E-state index in [0.29, 0.717) is 6.54 Å². The molecule has 1 saturated carbocycles. The Balaban J connectivity index is 1.25. The molecule has 0 spiro atoms. The summed E-state index contributed by atoms with van der Waals surface area (Å²) < 4.78 is 0. The minimum atomic E-state index is 0.126. The lowest BCUT2D eigenvalue weighted by molar-refractivity contribution is 0.0762. The van der Waals surface area contributed by atoms with E-state index in [1.165, 1.54) is 24.8 Å². The molecule has 0 atom stereocenters. The van der Waals surface area contributed by atoms with Gasteiger partial charge in [0.2, 0.25) is 5.95 Å². The standard InChI is InChI=1S/C24H31N5O/c1-18-5-2-3-8-21(18)23(30)28-11-9-19-17-25-24(26-22(19)10-12-28)29-15-13-27(14-16-29)20-6-4-7-20/h2-3,5,8,17,20H,4,6-7,9-16H2,1H3. The van der Waals surface area contributed by atoms with E-state index in [9.17, 15) is 4.79 Å². The highest BCUT2D eigenvalue weighted by Crippen LogP contribution is 2.26. The Morgan fingerprint density at radius 3 is 2.50 bits per heavy atom. The quantitative estimate of drug-likeness (QED) is 0.786. The lowest BCUT2D eigenvalue weighted by atomic mass is 9.91. The largest absolute Gasteiger partial charge is 0.338 e. The van der Waals surface area contributed by atoms with Crippen LogP contribution in [0.25, 0.3) is 0 Å². The van der Waals surface area contributed by atoms with Crippen LogP contribution in [0.5, 0.6) is 0 Å². The fourth-order valence-corrected chi connectivity index (χ4v) is 4.84. The normalized spacial score (nSPS) is 20.4. The molecule has 3 aliphatic rings. The number of hydrogen-bond acceptors (Lipinski definition) is 5. The van der Waals surface area contributed by atoms with Crippen molar-refractivity contribution in [3.8, 4) is 0 Å². The topological polar surface area (TPSA) is 52.6 Å². The van der Waals surface area contributed by atoms with Gasteiger partial charge in [-0.3, -0.25) is 9.69 Å². The summed E-state index contributed by atoms with van der Waals surface area (Å²) in [4.78, 5) is 29.6. The van der Waals surface area contributed by atoms with E-state index in [4.69, 9.17) is 9.97 Å². The number of carbonyl (C=O) groups excluding carboxylic acids is 1. The third-order valence-corrected chi connectivity index (χ3v) is 7.06. The van der Waals surface area contributed by atoms with Crippen LogP contribution in [-0.2, 0) is 12.8 Å². The van der Waals surface area contributed by atoms with Crippen LogP contribution in [-0.4, -0.2) is 71.0 Å². The summed E-state index contributed by atoms with van der Waals surface area (Å²) in [6.45, 7) is 7.69. The molecule has 6 heteroatoms. The Labute approximate surface area is 178 Å². The molecule has 5 rings (SSSR count). The maximum atomic E-state index is 13.0. The Hall–Kier alpha value is -2.47. The third-order valence-electron chi connectivity index (χ3n) is 7.06. The van der Waals surface area contributed by atoms with E-state index in [2.05, 4.69) is 9.80 Å². The molecule has 0 N–H and O–H groups in total. The summed E-state index contributed by atoms with van der Waals surface area (Å²) in [5, 5.41) is 0. The van der Waals surface area contributed by atoms with E-state index in [-0.39, 0.29) is 5.91 Å². The Kier molecular flexibility index (Phi) is 5.42. The van der Waals surface area contributed by atoms with E-state index in [1.807, 2.05) is 42.3 Å². The predicted octanol–water partition coefficient (Wildman–Crippen LogP) is 2.70. The number of benzene rings is 1. The molecule has 30 heavy (non-hydrogen) atoms. The van der Waals surface area contributed by atoms with Crippen molar-refractivity contribution in [2.24, 2.45) is 0 Å². The number of hydrogen-bond donors (Lipinski definition) is 0. The number of piperazine rings is 1. The van der Waals surface area contributed by atoms with Gasteiger partial charge < -0.3 is 9.80 Å². The molecular formula is C24H31N5O. The SMILES string of the molecule is Cc1ccccc1C(=O)N1CCc2cnc(N3CCN(C4CCC4)CC3)nc2CC1. The second-order valence-electron chi connectivity index (χ2n) is 8.86. The van der Waals surface area contributed by atoms with Crippen LogP contribution in [0, 0.1) is 6.92 Å². The number of nitrogens with zero attached hydrogens (tertiary/aromatic N) is 5. The van der Waals surface area contributed by atoms with Crippen molar-refractivity contribution < 1.29 is 4.79 Å². The second kappa shape index (κ2) is 8.34. The highest BCUT2D eigenvalue weighted by Gasteiger charge is 2.29. The van der Waals surface area contributed by atoms with Gasteiger partial charge in [0.1, 0.15) is 0 Å². The van der Waals surface area contributed by atoms with Crippen molar-refractivity contribution in [2.75, 3.05) is 44.2 Å². The molecule has 2 fully saturated rings. The van der Waals surface area contributed by atoms with Crippen molar-refractivity contribution in [3.05, 3.63) is 52.8 Å². The molecule has 158 valence electrons. The first-order chi connectivity index (χ1) is 14.7. The molecule has 3 heterocycles. The molecule has 1 saturated heterocycles. The third kappa shape index (κ3) is 3.81. The molecule has 1 aromatic carbocycles. The van der Waals surface area contributed by atoms with Gasteiger partial charge in [0.25, 0.3) is 5.91 Å². The van der Waals surface area contributed by atoms with Crippen molar-refractivity contribution >= 4 is 11.9 Å². The summed E-state index contributed by atoms with van der Waals surface area (Å²) in [5.74, 6) is 0.988. The van der Waals surface area contributed by atoms with Gasteiger partial charge in [-0.1, -0.05) is 24.6 Å². The van der Waals surface area contributed by atoms with Crippen LogP contribution in [0.4, 0.5) is 5.95 Å². The lowest BCUT2D eigenvalue weighted by Gasteiger charge is -2.43. The number of amides is 1. The molecule has 0 unspecified atom stereocenters. The van der Waals surface area contributed by atoms with Crippen LogP contribution in [0.15, 0.2) is 30.5 Å². The zero-order valence-corrected chi connectivity index (χ0v) is 17.9. The molecule has 0 radical (unpaired) electrons.